The van der Waals surface area contributed by atoms with Crippen LogP contribution in [0.1, 0.15) is 18.4 Å². The van der Waals surface area contributed by atoms with E-state index in [1.165, 1.54) is 0 Å². The van der Waals surface area contributed by atoms with Crippen molar-refractivity contribution in [2.24, 2.45) is 0 Å². The molecule has 0 saturated carbocycles. The molecule has 0 radical (unpaired) electrons. The molecule has 1 aliphatic heterocycles. The first-order valence-electron chi connectivity index (χ1n) is 8.83. The van der Waals surface area contributed by atoms with Crippen LogP contribution >= 0.6 is 23.2 Å². The lowest BCUT2D eigenvalue weighted by Crippen LogP contribution is -2.46. The lowest BCUT2D eigenvalue weighted by Gasteiger charge is -2.37. The second-order valence-corrected chi connectivity index (χ2v) is 7.90. The summed E-state index contributed by atoms with van der Waals surface area (Å²) in [5, 5.41) is 1.37. The van der Waals surface area contributed by atoms with Gasteiger partial charge in [0, 0.05) is 56.5 Å². The van der Waals surface area contributed by atoms with Crippen molar-refractivity contribution in [1.29, 1.82) is 0 Å². The number of benzene rings is 1. The second kappa shape index (κ2) is 8.42. The summed E-state index contributed by atoms with van der Waals surface area (Å²) < 4.78 is 0. The summed E-state index contributed by atoms with van der Waals surface area (Å²) in [5.41, 5.74) is 1.15. The summed E-state index contributed by atoms with van der Waals surface area (Å²) in [5.74, 6) is 1.69. The molecule has 1 fully saturated rings. The third-order valence-corrected chi connectivity index (χ3v) is 5.20. The van der Waals surface area contributed by atoms with Crippen LogP contribution in [-0.2, 0) is 6.54 Å². The Morgan fingerprint density at radius 3 is 2.58 bits per heavy atom. The van der Waals surface area contributed by atoms with Gasteiger partial charge < -0.3 is 9.80 Å². The summed E-state index contributed by atoms with van der Waals surface area (Å²) in [4.78, 5) is 15.8. The Labute approximate surface area is 165 Å². The van der Waals surface area contributed by atoms with Gasteiger partial charge in [0.25, 0.3) is 0 Å². The molecule has 1 aromatic carbocycles. The van der Waals surface area contributed by atoms with E-state index in [1.54, 1.807) is 6.07 Å². The van der Waals surface area contributed by atoms with E-state index in [0.29, 0.717) is 16.1 Å². The molecular weight excluding hydrogens is 369 g/mol. The number of piperidine rings is 1. The van der Waals surface area contributed by atoms with Crippen molar-refractivity contribution in [2.45, 2.75) is 25.4 Å². The van der Waals surface area contributed by atoms with Gasteiger partial charge in [-0.2, -0.15) is 4.98 Å². The largest absolute Gasteiger partial charge is 0.363 e. The van der Waals surface area contributed by atoms with E-state index in [1.807, 2.05) is 43.4 Å². The number of halogens is 2. The van der Waals surface area contributed by atoms with Gasteiger partial charge in [-0.3, -0.25) is 4.90 Å². The zero-order valence-electron chi connectivity index (χ0n) is 15.5. The Morgan fingerprint density at radius 2 is 1.88 bits per heavy atom. The van der Waals surface area contributed by atoms with Crippen molar-refractivity contribution in [3.63, 3.8) is 0 Å². The molecule has 1 unspecified atom stereocenters. The zero-order valence-corrected chi connectivity index (χ0v) is 17.0. The molecule has 140 valence electrons. The number of rotatable bonds is 5. The summed E-state index contributed by atoms with van der Waals surface area (Å²) in [7, 11) is 6.06. The van der Waals surface area contributed by atoms with Gasteiger partial charge in [-0.1, -0.05) is 23.2 Å². The van der Waals surface area contributed by atoms with Crippen LogP contribution in [0.25, 0.3) is 0 Å². The molecule has 26 heavy (non-hydrogen) atoms. The highest BCUT2D eigenvalue weighted by Crippen LogP contribution is 2.24. The highest BCUT2D eigenvalue weighted by atomic mass is 35.5. The Morgan fingerprint density at radius 1 is 1.15 bits per heavy atom. The Hall–Kier alpha value is -1.56. The third-order valence-electron chi connectivity index (χ3n) is 4.76. The van der Waals surface area contributed by atoms with Crippen molar-refractivity contribution < 1.29 is 0 Å². The molecule has 0 amide bonds. The molecule has 0 bridgehead atoms. The summed E-state index contributed by atoms with van der Waals surface area (Å²) in [6.45, 7) is 2.90. The first-order valence-corrected chi connectivity index (χ1v) is 9.58. The van der Waals surface area contributed by atoms with Crippen LogP contribution in [0.3, 0.4) is 0 Å². The number of likely N-dealkylation sites (tertiary alicyclic amines) is 1. The molecule has 0 spiro atoms. The number of aromatic nitrogens is 2. The lowest BCUT2D eigenvalue weighted by atomic mass is 10.0. The Kier molecular flexibility index (Phi) is 6.22. The predicted molar refractivity (Wildman–Crippen MR) is 110 cm³/mol. The molecule has 7 heteroatoms. The fraction of sp³-hybridized carbons (Fsp3) is 0.474. The number of likely N-dealkylation sites (N-methyl/N-ethyl adjacent to an activating group) is 1. The zero-order chi connectivity index (χ0) is 18.7. The fourth-order valence-corrected chi connectivity index (χ4v) is 3.94. The quantitative estimate of drug-likeness (QED) is 0.768. The van der Waals surface area contributed by atoms with E-state index >= 15 is 0 Å². The molecule has 3 rings (SSSR count). The molecular formula is C19H25Cl2N5. The third kappa shape index (κ3) is 4.78. The van der Waals surface area contributed by atoms with Crippen molar-refractivity contribution in [3.05, 3.63) is 46.1 Å². The first-order chi connectivity index (χ1) is 12.4. The first kappa shape index (κ1) is 19.2. The van der Waals surface area contributed by atoms with Gasteiger partial charge in [0.2, 0.25) is 5.95 Å². The minimum atomic E-state index is 0.385. The van der Waals surface area contributed by atoms with Crippen LogP contribution in [0.15, 0.2) is 30.5 Å². The normalized spacial score (nSPS) is 18.0. The van der Waals surface area contributed by atoms with Gasteiger partial charge in [0.15, 0.2) is 0 Å². The minimum absolute atomic E-state index is 0.385. The van der Waals surface area contributed by atoms with Crippen LogP contribution in [0.5, 0.6) is 0 Å². The van der Waals surface area contributed by atoms with E-state index in [4.69, 9.17) is 23.2 Å². The highest BCUT2D eigenvalue weighted by molar-refractivity contribution is 6.34. The standard InChI is InChI=1S/C19H25Cl2N5/c1-24(2)18-6-7-22-19(23-18)25(3)17-5-4-8-26(13-17)12-14-9-15(20)11-16(21)10-14/h6-7,9-11,17H,4-5,8,12-13H2,1-3H3. The van der Waals surface area contributed by atoms with Crippen molar-refractivity contribution >= 4 is 35.0 Å². The Bertz CT molecular complexity index is 732. The molecule has 1 aliphatic rings. The van der Waals surface area contributed by atoms with E-state index in [-0.39, 0.29) is 0 Å². The number of hydrogen-bond donors (Lipinski definition) is 0. The number of nitrogens with zero attached hydrogens (tertiary/aromatic N) is 5. The number of anilines is 2. The Balaban J connectivity index is 1.68. The minimum Gasteiger partial charge on any atom is -0.363 e. The smallest absolute Gasteiger partial charge is 0.227 e. The summed E-state index contributed by atoms with van der Waals surface area (Å²) in [6, 6.07) is 8.06. The molecule has 0 N–H and O–H groups in total. The van der Waals surface area contributed by atoms with Gasteiger partial charge in [-0.15, -0.1) is 0 Å². The van der Waals surface area contributed by atoms with Gasteiger partial charge in [0.1, 0.15) is 5.82 Å². The van der Waals surface area contributed by atoms with Gasteiger partial charge in [-0.25, -0.2) is 4.98 Å². The van der Waals surface area contributed by atoms with E-state index in [0.717, 1.165) is 49.8 Å². The maximum absolute atomic E-state index is 6.14. The highest BCUT2D eigenvalue weighted by Gasteiger charge is 2.25. The average Bonchev–Trinajstić information content (AvgIpc) is 2.60. The molecule has 5 nitrogen and oxygen atoms in total. The van der Waals surface area contributed by atoms with Crippen molar-refractivity contribution in [3.8, 4) is 0 Å². The summed E-state index contributed by atoms with van der Waals surface area (Å²) in [6.07, 6.45) is 4.11. The molecule has 1 atom stereocenters. The van der Waals surface area contributed by atoms with Crippen molar-refractivity contribution in [1.82, 2.24) is 14.9 Å². The second-order valence-electron chi connectivity index (χ2n) is 7.03. The lowest BCUT2D eigenvalue weighted by molar-refractivity contribution is 0.198. The van der Waals surface area contributed by atoms with Crippen LogP contribution in [-0.4, -0.2) is 55.1 Å². The molecule has 0 aliphatic carbocycles. The van der Waals surface area contributed by atoms with Crippen LogP contribution < -0.4 is 9.80 Å². The predicted octanol–water partition coefficient (Wildman–Crippen LogP) is 3.95. The SMILES string of the molecule is CN(C)c1ccnc(N(C)C2CCCN(Cc3cc(Cl)cc(Cl)c3)C2)n1. The molecule has 2 heterocycles. The van der Waals surface area contributed by atoms with Gasteiger partial charge in [0.05, 0.1) is 0 Å². The number of hydrogen-bond acceptors (Lipinski definition) is 5. The van der Waals surface area contributed by atoms with E-state index < -0.39 is 0 Å². The van der Waals surface area contributed by atoms with Crippen LogP contribution in [0, 0.1) is 0 Å². The molecule has 1 saturated heterocycles. The van der Waals surface area contributed by atoms with E-state index in [9.17, 15) is 0 Å². The van der Waals surface area contributed by atoms with Gasteiger partial charge >= 0.3 is 0 Å². The average molecular weight is 394 g/mol. The summed E-state index contributed by atoms with van der Waals surface area (Å²) >= 11 is 12.3. The maximum Gasteiger partial charge on any atom is 0.227 e. The van der Waals surface area contributed by atoms with Crippen LogP contribution in [0.4, 0.5) is 11.8 Å². The van der Waals surface area contributed by atoms with Crippen LogP contribution in [0.2, 0.25) is 10.0 Å². The molecule has 2 aromatic rings. The fourth-order valence-electron chi connectivity index (χ4n) is 3.37. The topological polar surface area (TPSA) is 35.5 Å². The van der Waals surface area contributed by atoms with Crippen molar-refractivity contribution in [2.75, 3.05) is 44.0 Å². The maximum atomic E-state index is 6.14. The molecule has 1 aromatic heterocycles. The van der Waals surface area contributed by atoms with Gasteiger partial charge in [-0.05, 0) is 49.2 Å². The monoisotopic (exact) mass is 393 g/mol. The van der Waals surface area contributed by atoms with E-state index in [2.05, 4.69) is 26.8 Å².